The van der Waals surface area contributed by atoms with Crippen LogP contribution in [0.25, 0.3) is 11.0 Å². The molecule has 1 atom stereocenters. The van der Waals surface area contributed by atoms with Gasteiger partial charge >= 0.3 is 6.04 Å². The molecular formula is C24H14N10O8. The molecule has 0 radical (unpaired) electrons. The van der Waals surface area contributed by atoms with Gasteiger partial charge in [0.2, 0.25) is 5.71 Å². The van der Waals surface area contributed by atoms with Crippen molar-refractivity contribution in [2.45, 2.75) is 6.04 Å². The van der Waals surface area contributed by atoms with Crippen molar-refractivity contribution in [3.63, 3.8) is 0 Å². The molecule has 18 heteroatoms. The highest BCUT2D eigenvalue weighted by Crippen LogP contribution is 2.25. The van der Waals surface area contributed by atoms with Crippen molar-refractivity contribution < 1.29 is 24.4 Å². The van der Waals surface area contributed by atoms with Gasteiger partial charge in [0.05, 0.1) is 38.3 Å². The van der Waals surface area contributed by atoms with Crippen LogP contribution in [0.3, 0.4) is 0 Å². The summed E-state index contributed by atoms with van der Waals surface area (Å²) < 4.78 is 0. The number of benzene rings is 2. The number of aromatic nitrogens is 3. The Bertz CT molecular complexity index is 1840. The zero-order valence-corrected chi connectivity index (χ0v) is 20.8. The molecule has 0 saturated heterocycles. The van der Waals surface area contributed by atoms with E-state index in [1.165, 1.54) is 30.6 Å². The van der Waals surface area contributed by atoms with E-state index in [9.17, 15) is 45.2 Å². The van der Waals surface area contributed by atoms with Crippen molar-refractivity contribution >= 4 is 45.6 Å². The molecule has 208 valence electrons. The number of amides is 2. The van der Waals surface area contributed by atoms with Gasteiger partial charge in [-0.2, -0.15) is 10.4 Å². The molecule has 1 unspecified atom stereocenters. The van der Waals surface area contributed by atoms with Crippen molar-refractivity contribution in [2.75, 3.05) is 5.32 Å². The number of nitro benzene ring substituents is 2. The third-order valence-corrected chi connectivity index (χ3v) is 5.54. The molecule has 4 aromatic rings. The van der Waals surface area contributed by atoms with E-state index in [0.29, 0.717) is 0 Å². The van der Waals surface area contributed by atoms with E-state index in [2.05, 4.69) is 25.4 Å². The summed E-state index contributed by atoms with van der Waals surface area (Å²) >= 11 is 0. The smallest absolute Gasteiger partial charge is 0.304 e. The molecule has 2 aromatic carbocycles. The first kappa shape index (κ1) is 28.2. The van der Waals surface area contributed by atoms with Crippen molar-refractivity contribution in [3.05, 3.63) is 114 Å². The Hall–Kier alpha value is -6.77. The molecule has 2 heterocycles. The minimum atomic E-state index is -2.18. The number of carbonyl (C=O) groups is 2. The average molecular weight is 570 g/mol. The number of nitrogens with one attached hydrogen (secondary N) is 2. The average Bonchev–Trinajstić information content (AvgIpc) is 2.98. The second-order valence-electron chi connectivity index (χ2n) is 8.14. The first-order valence-corrected chi connectivity index (χ1v) is 11.4. The van der Waals surface area contributed by atoms with Crippen LogP contribution in [0.15, 0.2) is 72.2 Å². The van der Waals surface area contributed by atoms with Crippen LogP contribution in [0.4, 0.5) is 17.1 Å². The molecule has 0 aliphatic carbocycles. The number of anilines is 1. The number of hydrogen-bond acceptors (Lipinski definition) is 13. The Balaban J connectivity index is 1.80. The highest BCUT2D eigenvalue weighted by molar-refractivity contribution is 6.44. The Morgan fingerprint density at radius 1 is 0.929 bits per heavy atom. The van der Waals surface area contributed by atoms with Crippen molar-refractivity contribution in [2.24, 2.45) is 5.10 Å². The quantitative estimate of drug-likeness (QED) is 0.167. The lowest BCUT2D eigenvalue weighted by Crippen LogP contribution is -2.36. The summed E-state index contributed by atoms with van der Waals surface area (Å²) in [6.45, 7) is 0. The highest BCUT2D eigenvalue weighted by Gasteiger charge is 2.37. The zero-order chi connectivity index (χ0) is 30.4. The fourth-order valence-electron chi connectivity index (χ4n) is 3.56. The van der Waals surface area contributed by atoms with Gasteiger partial charge in [-0.3, -0.25) is 49.9 Å². The lowest BCUT2D eigenvalue weighted by molar-refractivity contribution is -0.509. The van der Waals surface area contributed by atoms with Gasteiger partial charge in [0, 0.05) is 47.1 Å². The predicted molar refractivity (Wildman–Crippen MR) is 142 cm³/mol. The van der Waals surface area contributed by atoms with E-state index in [-0.39, 0.29) is 33.5 Å². The molecule has 0 saturated carbocycles. The van der Waals surface area contributed by atoms with E-state index < -0.39 is 49.7 Å². The number of fused-ring (bicyclic) bond motifs is 1. The van der Waals surface area contributed by atoms with Gasteiger partial charge in [0.1, 0.15) is 11.8 Å². The second kappa shape index (κ2) is 12.0. The van der Waals surface area contributed by atoms with E-state index in [1.807, 2.05) is 5.43 Å². The number of non-ortho nitro benzene ring substituents is 2. The van der Waals surface area contributed by atoms with Crippen LogP contribution in [0.1, 0.15) is 27.7 Å². The monoisotopic (exact) mass is 570 g/mol. The van der Waals surface area contributed by atoms with E-state index in [0.717, 1.165) is 36.5 Å². The van der Waals surface area contributed by atoms with Gasteiger partial charge in [-0.1, -0.05) is 0 Å². The molecule has 0 fully saturated rings. The third-order valence-electron chi connectivity index (χ3n) is 5.54. The number of nitrogens with zero attached hydrogens (tertiary/aromatic N) is 8. The number of carbonyl (C=O) groups excluding carboxylic acids is 2. The largest absolute Gasteiger partial charge is 0.319 e. The number of pyridine rings is 1. The molecule has 0 aliphatic rings. The molecule has 0 bridgehead atoms. The molecule has 4 rings (SSSR count). The Kier molecular flexibility index (Phi) is 8.04. The maximum Gasteiger partial charge on any atom is 0.304 e. The fourth-order valence-corrected chi connectivity index (χ4v) is 3.56. The van der Waals surface area contributed by atoms with Gasteiger partial charge in [-0.25, -0.2) is 10.4 Å². The Morgan fingerprint density at radius 3 is 2.24 bits per heavy atom. The normalized spacial score (nSPS) is 11.6. The van der Waals surface area contributed by atoms with Crippen LogP contribution in [0.2, 0.25) is 0 Å². The topological polar surface area (TPSA) is 262 Å². The fraction of sp³-hybridized carbons (Fsp3) is 0.0417. The number of hydrogen-bond donors (Lipinski definition) is 2. The van der Waals surface area contributed by atoms with Crippen LogP contribution in [0, 0.1) is 41.7 Å². The third kappa shape index (κ3) is 6.10. The molecule has 2 amide bonds. The number of nitriles is 1. The summed E-state index contributed by atoms with van der Waals surface area (Å²) in [5.74, 6) is -2.14. The van der Waals surface area contributed by atoms with Crippen LogP contribution in [0.5, 0.6) is 0 Å². The number of hydrazone groups is 1. The summed E-state index contributed by atoms with van der Waals surface area (Å²) in [5.41, 5.74) is -0.651. The number of rotatable bonds is 9. The van der Waals surface area contributed by atoms with Gasteiger partial charge in [-0.05, 0) is 24.3 Å². The maximum atomic E-state index is 13.4. The van der Waals surface area contributed by atoms with Crippen molar-refractivity contribution in [3.8, 4) is 6.07 Å². The zero-order valence-electron chi connectivity index (χ0n) is 20.8. The first-order valence-electron chi connectivity index (χ1n) is 11.4. The molecule has 2 N–H and O–H groups in total. The summed E-state index contributed by atoms with van der Waals surface area (Å²) in [6, 6.07) is 8.50. The van der Waals surface area contributed by atoms with Gasteiger partial charge in [0.15, 0.2) is 0 Å². The molecule has 0 aliphatic heterocycles. The lowest BCUT2D eigenvalue weighted by atomic mass is 10.1. The summed E-state index contributed by atoms with van der Waals surface area (Å²) in [4.78, 5) is 70.0. The Labute approximate surface area is 232 Å². The minimum absolute atomic E-state index is 0.0473. The van der Waals surface area contributed by atoms with E-state index in [1.54, 1.807) is 6.07 Å². The Morgan fingerprint density at radius 2 is 1.60 bits per heavy atom. The molecular weight excluding hydrogens is 556 g/mol. The van der Waals surface area contributed by atoms with Crippen LogP contribution in [-0.4, -0.2) is 47.2 Å². The van der Waals surface area contributed by atoms with Crippen LogP contribution >= 0.6 is 0 Å². The van der Waals surface area contributed by atoms with E-state index >= 15 is 0 Å². The van der Waals surface area contributed by atoms with Gasteiger partial charge in [0.25, 0.3) is 23.2 Å². The second-order valence-corrected chi connectivity index (χ2v) is 8.14. The SMILES string of the molecule is N#Cc1cc([N+](=O)[O-])ccc1NC(=O)/C(=N/NC(=O)c1ccncc1)C(c1cnc2ccc([N+](=O)[O-])cc2n1)[N+](=O)[O-]. The summed E-state index contributed by atoms with van der Waals surface area (Å²) in [7, 11) is 0. The summed E-state index contributed by atoms with van der Waals surface area (Å²) in [5, 5.41) is 49.9. The van der Waals surface area contributed by atoms with E-state index in [4.69, 9.17) is 0 Å². The maximum absolute atomic E-state index is 13.4. The van der Waals surface area contributed by atoms with Crippen LogP contribution < -0.4 is 10.7 Å². The molecule has 18 nitrogen and oxygen atoms in total. The highest BCUT2D eigenvalue weighted by atomic mass is 16.6. The van der Waals surface area contributed by atoms with Gasteiger partial charge in [-0.15, -0.1) is 0 Å². The first-order chi connectivity index (χ1) is 20.1. The standard InChI is InChI=1S/C24H14N10O8/c25-11-14-9-15(32(37)38)1-3-17(14)29-24(36)21(30-31-23(35)13-5-7-26-8-6-13)22(34(41)42)20-12-27-18-4-2-16(33(39)40)10-19(18)28-20/h1-10,12,22H,(H,29,36)(H,31,35)/b30-21+. The lowest BCUT2D eigenvalue weighted by Gasteiger charge is -2.13. The summed E-state index contributed by atoms with van der Waals surface area (Å²) in [6.07, 6.45) is 3.56. The molecule has 42 heavy (non-hydrogen) atoms. The molecule has 0 spiro atoms. The number of nitro groups is 3. The van der Waals surface area contributed by atoms with Crippen molar-refractivity contribution in [1.29, 1.82) is 5.26 Å². The van der Waals surface area contributed by atoms with Crippen LogP contribution in [-0.2, 0) is 4.79 Å². The van der Waals surface area contributed by atoms with Crippen molar-refractivity contribution in [1.82, 2.24) is 20.4 Å². The predicted octanol–water partition coefficient (Wildman–Crippen LogP) is 2.46. The minimum Gasteiger partial charge on any atom is -0.319 e. The molecule has 2 aromatic heterocycles. The van der Waals surface area contributed by atoms with Gasteiger partial charge < -0.3 is 5.32 Å².